The van der Waals surface area contributed by atoms with E-state index in [1.165, 1.54) is 12.5 Å². The van der Waals surface area contributed by atoms with Crippen molar-refractivity contribution in [2.24, 2.45) is 39.7 Å². The molecule has 153 valence electrons. The third kappa shape index (κ3) is 2.76. The van der Waals surface area contributed by atoms with Gasteiger partial charge >= 0.3 is 5.97 Å². The maximum absolute atomic E-state index is 12.3. The van der Waals surface area contributed by atoms with Crippen molar-refractivity contribution in [2.75, 3.05) is 0 Å². The molecule has 4 aliphatic rings. The van der Waals surface area contributed by atoms with Gasteiger partial charge in [0.15, 0.2) is 0 Å². The molecule has 1 radical (unpaired) electrons. The van der Waals surface area contributed by atoms with Crippen LogP contribution in [0.1, 0.15) is 72.6 Å². The Balaban J connectivity index is 1.69. The quantitative estimate of drug-likeness (QED) is 0.518. The molecule has 0 aromatic carbocycles. The van der Waals surface area contributed by atoms with Gasteiger partial charge in [0.25, 0.3) is 0 Å². The molecule has 28 heavy (non-hydrogen) atoms. The Labute approximate surface area is 167 Å². The Bertz CT molecular complexity index is 756. The number of rotatable bonds is 2. The first-order valence-corrected chi connectivity index (χ1v) is 10.8. The Morgan fingerprint density at radius 1 is 1.07 bits per heavy atom. The number of carbonyl (C=O) groups excluding carboxylic acids is 2. The van der Waals surface area contributed by atoms with Gasteiger partial charge in [-0.3, -0.25) is 9.59 Å². The van der Waals surface area contributed by atoms with Crippen LogP contribution in [-0.2, 0) is 19.5 Å². The molecule has 0 aliphatic heterocycles. The second kappa shape index (κ2) is 6.70. The van der Waals surface area contributed by atoms with Crippen LogP contribution in [0.25, 0.3) is 0 Å². The number of carbonyl (C=O) groups is 2. The van der Waals surface area contributed by atoms with Crippen LogP contribution in [0, 0.1) is 34.5 Å². The highest BCUT2D eigenvalue weighted by Crippen LogP contribution is 2.65. The van der Waals surface area contributed by atoms with Gasteiger partial charge in [-0.05, 0) is 79.3 Å². The molecule has 3 fully saturated rings. The van der Waals surface area contributed by atoms with Gasteiger partial charge in [0, 0.05) is 25.2 Å². The topological polar surface area (TPSA) is 75.6 Å². The molecular weight excluding hydrogens is 354 g/mol. The van der Waals surface area contributed by atoms with Crippen molar-refractivity contribution in [1.29, 1.82) is 0 Å². The maximum Gasteiger partial charge on any atom is 0.302 e. The number of allylic oxidation sites excluding steroid dienone is 1. The van der Waals surface area contributed by atoms with E-state index in [1.54, 1.807) is 6.92 Å². The van der Waals surface area contributed by atoms with Crippen LogP contribution in [0.2, 0.25) is 0 Å². The molecular formula is C23H32NO4. The Kier molecular flexibility index (Phi) is 4.71. The summed E-state index contributed by atoms with van der Waals surface area (Å²) < 4.78 is 5.48. The molecule has 0 heterocycles. The summed E-state index contributed by atoms with van der Waals surface area (Å²) in [5.41, 5.74) is 1.91. The van der Waals surface area contributed by atoms with E-state index in [-0.39, 0.29) is 34.7 Å². The average Bonchev–Trinajstić information content (AvgIpc) is 2.98. The van der Waals surface area contributed by atoms with Crippen molar-refractivity contribution < 1.29 is 19.5 Å². The molecule has 4 rings (SSSR count). The molecule has 0 aromatic heterocycles. The number of Topliss-reactive ketones (excluding diaryl/α,β-unsaturated/α-hetero) is 1. The fourth-order valence-electron chi connectivity index (χ4n) is 7.48. The second-order valence-electron chi connectivity index (χ2n) is 10.1. The largest absolute Gasteiger partial charge is 0.462 e. The molecule has 0 spiro atoms. The van der Waals surface area contributed by atoms with E-state index in [1.807, 2.05) is 6.08 Å². The summed E-state index contributed by atoms with van der Waals surface area (Å²) in [5, 5.41) is 15.4. The van der Waals surface area contributed by atoms with Crippen molar-refractivity contribution in [3.63, 3.8) is 0 Å². The minimum absolute atomic E-state index is 0.0143. The zero-order chi connectivity index (χ0) is 20.3. The molecule has 5 nitrogen and oxygen atoms in total. The van der Waals surface area contributed by atoms with Gasteiger partial charge in [0.05, 0.1) is 5.71 Å². The third-order valence-corrected chi connectivity index (χ3v) is 8.85. The minimum atomic E-state index is -0.240. The van der Waals surface area contributed by atoms with Crippen LogP contribution >= 0.6 is 0 Å². The van der Waals surface area contributed by atoms with Crippen LogP contribution in [-0.4, -0.2) is 23.6 Å². The SMILES string of the molecule is CC(=O)O[C@H]1CC[C@@]2(C)C(=C/C(=N\[O])C3C2CC[C@@]2(C)C3CC[C@@H]2C(C)=O)C1. The van der Waals surface area contributed by atoms with Gasteiger partial charge in [0.1, 0.15) is 11.9 Å². The van der Waals surface area contributed by atoms with Gasteiger partial charge in [-0.15, -0.1) is 5.21 Å². The second-order valence-corrected chi connectivity index (χ2v) is 10.1. The summed E-state index contributed by atoms with van der Waals surface area (Å²) in [6, 6.07) is 0. The van der Waals surface area contributed by atoms with Crippen LogP contribution in [0.15, 0.2) is 16.8 Å². The third-order valence-electron chi connectivity index (χ3n) is 8.85. The van der Waals surface area contributed by atoms with Crippen molar-refractivity contribution >= 4 is 17.5 Å². The van der Waals surface area contributed by atoms with Gasteiger partial charge < -0.3 is 4.74 Å². The van der Waals surface area contributed by atoms with Crippen LogP contribution in [0.4, 0.5) is 0 Å². The van der Waals surface area contributed by atoms with E-state index >= 15 is 0 Å². The summed E-state index contributed by atoms with van der Waals surface area (Å²) in [6.07, 6.45) is 8.51. The lowest BCUT2D eigenvalue weighted by Gasteiger charge is -2.57. The zero-order valence-corrected chi connectivity index (χ0v) is 17.5. The average molecular weight is 387 g/mol. The molecule has 5 heteroatoms. The van der Waals surface area contributed by atoms with Crippen LogP contribution < -0.4 is 0 Å². The molecule has 3 unspecified atom stereocenters. The van der Waals surface area contributed by atoms with Crippen LogP contribution in [0.3, 0.4) is 0 Å². The molecule has 3 saturated carbocycles. The molecule has 0 bridgehead atoms. The van der Waals surface area contributed by atoms with Crippen molar-refractivity contribution in [3.05, 3.63) is 11.6 Å². The number of hydrogen-bond donors (Lipinski definition) is 0. The first-order chi connectivity index (χ1) is 13.2. The van der Waals surface area contributed by atoms with E-state index in [0.29, 0.717) is 29.8 Å². The Morgan fingerprint density at radius 3 is 2.46 bits per heavy atom. The normalized spacial score (nSPS) is 46.2. The maximum atomic E-state index is 12.3. The van der Waals surface area contributed by atoms with Crippen molar-refractivity contribution in [1.82, 2.24) is 0 Å². The van der Waals surface area contributed by atoms with Crippen molar-refractivity contribution in [3.8, 4) is 0 Å². The van der Waals surface area contributed by atoms with E-state index in [2.05, 4.69) is 19.0 Å². The highest BCUT2D eigenvalue weighted by Gasteiger charge is 2.61. The van der Waals surface area contributed by atoms with Crippen molar-refractivity contribution in [2.45, 2.75) is 78.7 Å². The molecule has 0 N–H and O–H groups in total. The number of ketones is 1. The number of fused-ring (bicyclic) bond motifs is 5. The Morgan fingerprint density at radius 2 is 1.82 bits per heavy atom. The van der Waals surface area contributed by atoms with Gasteiger partial charge in [-0.2, -0.15) is 0 Å². The minimum Gasteiger partial charge on any atom is -0.462 e. The fraction of sp³-hybridized carbons (Fsp3) is 0.783. The molecule has 0 aromatic rings. The predicted molar refractivity (Wildman–Crippen MR) is 105 cm³/mol. The van der Waals surface area contributed by atoms with E-state index in [0.717, 1.165) is 38.5 Å². The monoisotopic (exact) mass is 386 g/mol. The Hall–Kier alpha value is -1.65. The smallest absolute Gasteiger partial charge is 0.302 e. The first kappa shape index (κ1) is 19.7. The molecule has 0 amide bonds. The lowest BCUT2D eigenvalue weighted by Crippen LogP contribution is -2.54. The van der Waals surface area contributed by atoms with Crippen LogP contribution in [0.5, 0.6) is 0 Å². The summed E-state index contributed by atoms with van der Waals surface area (Å²) in [4.78, 5) is 23.7. The number of hydrogen-bond acceptors (Lipinski definition) is 4. The summed E-state index contributed by atoms with van der Waals surface area (Å²) in [6.45, 7) is 7.79. The highest BCUT2D eigenvalue weighted by atomic mass is 16.5. The number of esters is 1. The summed E-state index contributed by atoms with van der Waals surface area (Å²) in [5.74, 6) is 1.07. The fourth-order valence-corrected chi connectivity index (χ4v) is 7.48. The standard InChI is InChI=1S/C23H32NO4/c1-13(25)17-5-6-18-21-19(8-10-23(17,18)4)22(3)9-7-16(28-14(2)26)11-15(22)12-20(21)24-27/h12,16-19,21H,5-11H2,1-4H3/b24-20+/t16-,17+,18?,19?,21?,22-,23+/m0/s1. The van der Waals surface area contributed by atoms with Gasteiger partial charge in [0.2, 0.25) is 0 Å². The summed E-state index contributed by atoms with van der Waals surface area (Å²) in [7, 11) is 0. The van der Waals surface area contributed by atoms with E-state index < -0.39 is 0 Å². The van der Waals surface area contributed by atoms with Gasteiger partial charge in [-0.1, -0.05) is 19.4 Å². The predicted octanol–water partition coefficient (Wildman–Crippen LogP) is 4.48. The lowest BCUT2D eigenvalue weighted by molar-refractivity contribution is -0.148. The first-order valence-electron chi connectivity index (χ1n) is 10.8. The highest BCUT2D eigenvalue weighted by molar-refractivity contribution is 5.99. The molecule has 0 saturated heterocycles. The number of ether oxygens (including phenoxy) is 1. The molecule has 4 aliphatic carbocycles. The lowest BCUT2D eigenvalue weighted by atomic mass is 9.47. The number of nitrogens with zero attached hydrogens (tertiary/aromatic N) is 1. The molecule has 7 atom stereocenters. The van der Waals surface area contributed by atoms with E-state index in [9.17, 15) is 14.8 Å². The van der Waals surface area contributed by atoms with E-state index in [4.69, 9.17) is 4.74 Å². The summed E-state index contributed by atoms with van der Waals surface area (Å²) >= 11 is 0. The zero-order valence-electron chi connectivity index (χ0n) is 17.5. The van der Waals surface area contributed by atoms with Gasteiger partial charge in [-0.25, -0.2) is 0 Å².